The molecule has 7 nitrogen and oxygen atoms in total. The molecule has 1 saturated heterocycles. The molecule has 0 radical (unpaired) electrons. The number of para-hydroxylation sites is 1. The van der Waals surface area contributed by atoms with E-state index >= 15 is 0 Å². The molecule has 1 aliphatic rings. The summed E-state index contributed by atoms with van der Waals surface area (Å²) in [6.07, 6.45) is 4.70. The molecule has 0 saturated carbocycles. The van der Waals surface area contributed by atoms with Gasteiger partial charge in [-0.3, -0.25) is 14.6 Å². The first kappa shape index (κ1) is 25.7. The van der Waals surface area contributed by atoms with Gasteiger partial charge in [-0.15, -0.1) is 24.8 Å². The summed E-state index contributed by atoms with van der Waals surface area (Å²) in [5, 5.41) is 2.88. The van der Waals surface area contributed by atoms with Crippen molar-refractivity contribution in [2.45, 2.75) is 31.7 Å². The van der Waals surface area contributed by atoms with Crippen molar-refractivity contribution in [3.8, 4) is 11.5 Å². The van der Waals surface area contributed by atoms with Crippen molar-refractivity contribution < 1.29 is 14.3 Å². The second-order valence-electron chi connectivity index (χ2n) is 6.78. The second kappa shape index (κ2) is 13.1. The Morgan fingerprint density at radius 3 is 2.63 bits per heavy atom. The molecule has 2 aromatic rings. The van der Waals surface area contributed by atoms with Gasteiger partial charge in [0, 0.05) is 44.4 Å². The third-order valence-corrected chi connectivity index (χ3v) is 4.72. The highest BCUT2D eigenvalue weighted by molar-refractivity contribution is 5.93. The number of hydrogen-bond acceptors (Lipinski definition) is 5. The Balaban J connectivity index is 0.00000225. The van der Waals surface area contributed by atoms with Gasteiger partial charge in [0.05, 0.1) is 0 Å². The summed E-state index contributed by atoms with van der Waals surface area (Å²) in [4.78, 5) is 30.8. The van der Waals surface area contributed by atoms with E-state index in [-0.39, 0.29) is 42.7 Å². The third kappa shape index (κ3) is 7.16. The fourth-order valence-corrected chi connectivity index (χ4v) is 3.29. The number of rotatable bonds is 7. The van der Waals surface area contributed by atoms with E-state index in [9.17, 15) is 9.59 Å². The fourth-order valence-electron chi connectivity index (χ4n) is 3.29. The van der Waals surface area contributed by atoms with Crippen molar-refractivity contribution in [1.29, 1.82) is 0 Å². The number of amides is 2. The highest BCUT2D eigenvalue weighted by atomic mass is 35.5. The van der Waals surface area contributed by atoms with E-state index in [4.69, 9.17) is 10.5 Å². The van der Waals surface area contributed by atoms with Gasteiger partial charge in [-0.1, -0.05) is 18.2 Å². The van der Waals surface area contributed by atoms with Gasteiger partial charge in [-0.05, 0) is 37.5 Å². The van der Waals surface area contributed by atoms with Crippen LogP contribution in [0.2, 0.25) is 0 Å². The SMILES string of the molecule is Cl.Cl.NCCC(=O)NCC1CCCCN1C(=O)c1cc(Oc2ccccc2)ccn1. The zero-order valence-electron chi connectivity index (χ0n) is 16.7. The minimum Gasteiger partial charge on any atom is -0.457 e. The van der Waals surface area contributed by atoms with Gasteiger partial charge < -0.3 is 20.7 Å². The maximum absolute atomic E-state index is 13.1. The van der Waals surface area contributed by atoms with E-state index < -0.39 is 0 Å². The Morgan fingerprint density at radius 2 is 1.90 bits per heavy atom. The molecule has 164 valence electrons. The van der Waals surface area contributed by atoms with Crippen LogP contribution in [0.5, 0.6) is 11.5 Å². The molecule has 2 amide bonds. The lowest BCUT2D eigenvalue weighted by Crippen LogP contribution is -2.49. The maximum Gasteiger partial charge on any atom is 0.272 e. The molecule has 1 unspecified atom stereocenters. The quantitative estimate of drug-likeness (QED) is 0.669. The van der Waals surface area contributed by atoms with Crippen LogP contribution in [0.15, 0.2) is 48.7 Å². The number of likely N-dealkylation sites (tertiary alicyclic amines) is 1. The number of nitrogens with one attached hydrogen (secondary N) is 1. The Labute approximate surface area is 189 Å². The summed E-state index contributed by atoms with van der Waals surface area (Å²) in [5.74, 6) is 1.04. The van der Waals surface area contributed by atoms with E-state index in [1.54, 1.807) is 23.2 Å². The predicted octanol–water partition coefficient (Wildman–Crippen LogP) is 3.18. The predicted molar refractivity (Wildman–Crippen MR) is 121 cm³/mol. The summed E-state index contributed by atoms with van der Waals surface area (Å²) >= 11 is 0. The minimum atomic E-state index is -0.142. The van der Waals surface area contributed by atoms with Gasteiger partial charge in [0.15, 0.2) is 0 Å². The monoisotopic (exact) mass is 454 g/mol. The van der Waals surface area contributed by atoms with E-state index in [1.165, 1.54) is 0 Å². The number of pyridine rings is 1. The number of hydrogen-bond donors (Lipinski definition) is 2. The molecular formula is C21H28Cl2N4O3. The number of benzene rings is 1. The van der Waals surface area contributed by atoms with Crippen LogP contribution in [-0.4, -0.2) is 47.4 Å². The number of piperidine rings is 1. The average molecular weight is 455 g/mol. The van der Waals surface area contributed by atoms with Gasteiger partial charge in [0.1, 0.15) is 17.2 Å². The molecule has 0 bridgehead atoms. The molecule has 1 atom stereocenters. The van der Waals surface area contributed by atoms with Crippen LogP contribution in [0.1, 0.15) is 36.2 Å². The van der Waals surface area contributed by atoms with Crippen molar-refractivity contribution in [2.75, 3.05) is 19.6 Å². The van der Waals surface area contributed by atoms with Gasteiger partial charge >= 0.3 is 0 Å². The number of carbonyl (C=O) groups excluding carboxylic acids is 2. The summed E-state index contributed by atoms with van der Waals surface area (Å²) in [6.45, 7) is 1.41. The Morgan fingerprint density at radius 1 is 1.13 bits per heavy atom. The third-order valence-electron chi connectivity index (χ3n) is 4.72. The molecule has 1 aliphatic heterocycles. The molecular weight excluding hydrogens is 427 g/mol. The zero-order chi connectivity index (χ0) is 19.8. The molecule has 3 N–H and O–H groups in total. The van der Waals surface area contributed by atoms with E-state index in [2.05, 4.69) is 10.3 Å². The standard InChI is InChI=1S/C21H26N4O3.2ClH/c22-11-9-20(26)24-15-16-6-4-5-13-25(16)21(27)19-14-18(10-12-23-19)28-17-7-2-1-3-8-17;;/h1-3,7-8,10,12,14,16H,4-6,9,11,13,15,22H2,(H,24,26);2*1H. The van der Waals surface area contributed by atoms with Crippen LogP contribution in [0, 0.1) is 0 Å². The number of halogens is 2. The molecule has 30 heavy (non-hydrogen) atoms. The van der Waals surface area contributed by atoms with Crippen molar-refractivity contribution in [2.24, 2.45) is 5.73 Å². The number of carbonyl (C=O) groups is 2. The topological polar surface area (TPSA) is 97.6 Å². The summed E-state index contributed by atoms with van der Waals surface area (Å²) < 4.78 is 5.81. The van der Waals surface area contributed by atoms with E-state index in [0.29, 0.717) is 43.2 Å². The maximum atomic E-state index is 13.1. The van der Waals surface area contributed by atoms with Gasteiger partial charge in [0.25, 0.3) is 5.91 Å². The Bertz CT molecular complexity index is 808. The van der Waals surface area contributed by atoms with Crippen molar-refractivity contribution in [3.05, 3.63) is 54.4 Å². The van der Waals surface area contributed by atoms with Crippen molar-refractivity contribution in [1.82, 2.24) is 15.2 Å². The van der Waals surface area contributed by atoms with Crippen LogP contribution >= 0.6 is 24.8 Å². The van der Waals surface area contributed by atoms with Gasteiger partial charge in [-0.25, -0.2) is 0 Å². The van der Waals surface area contributed by atoms with Crippen LogP contribution in [0.25, 0.3) is 0 Å². The van der Waals surface area contributed by atoms with Crippen LogP contribution in [0.4, 0.5) is 0 Å². The molecule has 9 heteroatoms. The molecule has 3 rings (SSSR count). The number of nitrogens with two attached hydrogens (primary N) is 1. The number of nitrogens with zero attached hydrogens (tertiary/aromatic N) is 2. The van der Waals surface area contributed by atoms with E-state index in [1.807, 2.05) is 30.3 Å². The molecule has 2 heterocycles. The molecule has 1 aromatic heterocycles. The van der Waals surface area contributed by atoms with Crippen LogP contribution < -0.4 is 15.8 Å². The van der Waals surface area contributed by atoms with Gasteiger partial charge in [0.2, 0.25) is 5.91 Å². The Kier molecular flexibility index (Phi) is 11.2. The lowest BCUT2D eigenvalue weighted by Gasteiger charge is -2.35. The van der Waals surface area contributed by atoms with Gasteiger partial charge in [-0.2, -0.15) is 0 Å². The first-order valence-corrected chi connectivity index (χ1v) is 9.64. The molecule has 0 aliphatic carbocycles. The lowest BCUT2D eigenvalue weighted by atomic mass is 10.0. The van der Waals surface area contributed by atoms with Crippen LogP contribution in [-0.2, 0) is 4.79 Å². The summed E-state index contributed by atoms with van der Waals surface area (Å²) in [5.41, 5.74) is 5.75. The highest BCUT2D eigenvalue weighted by Gasteiger charge is 2.28. The first-order chi connectivity index (χ1) is 13.7. The minimum absolute atomic E-state index is 0. The smallest absolute Gasteiger partial charge is 0.272 e. The molecule has 1 fully saturated rings. The molecule has 0 spiro atoms. The largest absolute Gasteiger partial charge is 0.457 e. The normalized spacial score (nSPS) is 15.4. The number of ether oxygens (including phenoxy) is 1. The molecule has 1 aromatic carbocycles. The van der Waals surface area contributed by atoms with Crippen molar-refractivity contribution in [3.63, 3.8) is 0 Å². The van der Waals surface area contributed by atoms with Crippen molar-refractivity contribution >= 4 is 36.6 Å². The summed E-state index contributed by atoms with van der Waals surface area (Å²) in [7, 11) is 0. The zero-order valence-corrected chi connectivity index (χ0v) is 18.3. The average Bonchev–Trinajstić information content (AvgIpc) is 2.73. The highest BCUT2D eigenvalue weighted by Crippen LogP contribution is 2.23. The lowest BCUT2D eigenvalue weighted by molar-refractivity contribution is -0.121. The fraction of sp³-hybridized carbons (Fsp3) is 0.381. The first-order valence-electron chi connectivity index (χ1n) is 9.64. The van der Waals surface area contributed by atoms with E-state index in [0.717, 1.165) is 19.3 Å². The Hall–Kier alpha value is -2.35. The second-order valence-corrected chi connectivity index (χ2v) is 6.78. The number of aromatic nitrogens is 1. The van der Waals surface area contributed by atoms with Crippen LogP contribution in [0.3, 0.4) is 0 Å². The summed E-state index contributed by atoms with van der Waals surface area (Å²) in [6, 6.07) is 12.7.